The van der Waals surface area contributed by atoms with Crippen LogP contribution >= 0.6 is 0 Å². The number of benzene rings is 2. The van der Waals surface area contributed by atoms with Gasteiger partial charge in [0.05, 0.1) is 10.6 Å². The Balaban J connectivity index is 2.39. The van der Waals surface area contributed by atoms with Crippen LogP contribution in [0.3, 0.4) is 0 Å². The summed E-state index contributed by atoms with van der Waals surface area (Å²) in [5, 5.41) is 2.63. The molecule has 0 aliphatic rings. The first-order chi connectivity index (χ1) is 9.79. The predicted octanol–water partition coefficient (Wildman–Crippen LogP) is 2.23. The number of carbonyl (C=O) groups is 1. The Labute approximate surface area is 123 Å². The Morgan fingerprint density at radius 3 is 2.48 bits per heavy atom. The van der Waals surface area contributed by atoms with E-state index in [9.17, 15) is 13.2 Å². The average molecular weight is 304 g/mol. The number of hydrogen-bond acceptors (Lipinski definition) is 4. The molecule has 6 heteroatoms. The van der Waals surface area contributed by atoms with Gasteiger partial charge in [-0.2, -0.15) is 0 Å². The number of sulfone groups is 1. The van der Waals surface area contributed by atoms with Crippen LogP contribution in [0, 0.1) is 6.92 Å². The zero-order valence-corrected chi connectivity index (χ0v) is 12.6. The van der Waals surface area contributed by atoms with Crippen molar-refractivity contribution in [1.82, 2.24) is 0 Å². The number of nitrogens with one attached hydrogen (secondary N) is 1. The van der Waals surface area contributed by atoms with E-state index in [0.29, 0.717) is 11.3 Å². The highest BCUT2D eigenvalue weighted by atomic mass is 32.2. The number of para-hydroxylation sites is 1. The van der Waals surface area contributed by atoms with Crippen molar-refractivity contribution >= 4 is 27.1 Å². The van der Waals surface area contributed by atoms with E-state index in [2.05, 4.69) is 5.32 Å². The molecule has 0 bridgehead atoms. The summed E-state index contributed by atoms with van der Waals surface area (Å²) in [4.78, 5) is 12.4. The first-order valence-electron chi connectivity index (χ1n) is 6.25. The van der Waals surface area contributed by atoms with E-state index in [4.69, 9.17) is 5.73 Å². The summed E-state index contributed by atoms with van der Waals surface area (Å²) in [5.74, 6) is -0.393. The first kappa shape index (κ1) is 15.1. The largest absolute Gasteiger partial charge is 0.399 e. The van der Waals surface area contributed by atoms with Crippen LogP contribution in [0.25, 0.3) is 0 Å². The Morgan fingerprint density at radius 2 is 1.81 bits per heavy atom. The molecule has 0 unspecified atom stereocenters. The van der Waals surface area contributed by atoms with Crippen LogP contribution in [0.1, 0.15) is 15.9 Å². The van der Waals surface area contributed by atoms with Gasteiger partial charge in [0.25, 0.3) is 5.91 Å². The lowest BCUT2D eigenvalue weighted by Crippen LogP contribution is -2.16. The number of amides is 1. The van der Waals surface area contributed by atoms with Gasteiger partial charge in [0.1, 0.15) is 0 Å². The van der Waals surface area contributed by atoms with Crippen LogP contribution < -0.4 is 11.1 Å². The minimum Gasteiger partial charge on any atom is -0.399 e. The third-order valence-electron chi connectivity index (χ3n) is 3.04. The summed E-state index contributed by atoms with van der Waals surface area (Å²) in [7, 11) is -3.42. The lowest BCUT2D eigenvalue weighted by Gasteiger charge is -2.11. The van der Waals surface area contributed by atoms with Crippen LogP contribution in [0.5, 0.6) is 0 Å². The van der Waals surface area contributed by atoms with Gasteiger partial charge in [-0.3, -0.25) is 4.79 Å². The molecule has 0 saturated heterocycles. The van der Waals surface area contributed by atoms with E-state index in [-0.39, 0.29) is 10.6 Å². The number of carbonyl (C=O) groups excluding carboxylic acids is 1. The Morgan fingerprint density at radius 1 is 1.14 bits per heavy atom. The minimum absolute atomic E-state index is 0.0832. The van der Waals surface area contributed by atoms with Gasteiger partial charge in [-0.05, 0) is 36.8 Å². The highest BCUT2D eigenvalue weighted by Crippen LogP contribution is 2.22. The number of hydrogen-bond donors (Lipinski definition) is 2. The van der Waals surface area contributed by atoms with E-state index < -0.39 is 15.7 Å². The molecule has 21 heavy (non-hydrogen) atoms. The highest BCUT2D eigenvalue weighted by Gasteiger charge is 2.16. The second kappa shape index (κ2) is 5.57. The minimum atomic E-state index is -3.42. The van der Waals surface area contributed by atoms with Crippen LogP contribution in [-0.2, 0) is 9.84 Å². The van der Waals surface area contributed by atoms with Crippen molar-refractivity contribution < 1.29 is 13.2 Å². The SMILES string of the molecule is Cc1ccc(N)cc1C(=O)Nc1ccccc1S(C)(=O)=O. The second-order valence-electron chi connectivity index (χ2n) is 4.80. The lowest BCUT2D eigenvalue weighted by molar-refractivity contribution is 0.102. The standard InChI is InChI=1S/C15H16N2O3S/c1-10-7-8-11(16)9-12(10)15(18)17-13-5-3-4-6-14(13)21(2,19)20/h3-9H,16H2,1-2H3,(H,17,18). The second-order valence-corrected chi connectivity index (χ2v) is 6.78. The van der Waals surface area contributed by atoms with Gasteiger partial charge in [0, 0.05) is 17.5 Å². The molecule has 0 heterocycles. The van der Waals surface area contributed by atoms with E-state index in [1.54, 1.807) is 43.3 Å². The molecule has 110 valence electrons. The number of aryl methyl sites for hydroxylation is 1. The van der Waals surface area contributed by atoms with Gasteiger partial charge in [-0.1, -0.05) is 18.2 Å². The maximum atomic E-state index is 12.3. The zero-order valence-electron chi connectivity index (χ0n) is 11.8. The molecule has 2 aromatic rings. The molecule has 0 aromatic heterocycles. The molecule has 0 aliphatic carbocycles. The molecule has 0 aliphatic heterocycles. The predicted molar refractivity (Wildman–Crippen MR) is 83.1 cm³/mol. The summed E-state index contributed by atoms with van der Waals surface area (Å²) >= 11 is 0. The number of nitrogens with two attached hydrogens (primary N) is 1. The number of rotatable bonds is 3. The lowest BCUT2D eigenvalue weighted by atomic mass is 10.1. The van der Waals surface area contributed by atoms with Gasteiger partial charge < -0.3 is 11.1 Å². The fraction of sp³-hybridized carbons (Fsp3) is 0.133. The molecule has 2 rings (SSSR count). The molecular weight excluding hydrogens is 288 g/mol. The fourth-order valence-corrected chi connectivity index (χ4v) is 2.81. The average Bonchev–Trinajstić information content (AvgIpc) is 2.41. The van der Waals surface area contributed by atoms with Crippen molar-refractivity contribution in [3.05, 3.63) is 53.6 Å². The van der Waals surface area contributed by atoms with E-state index in [1.807, 2.05) is 0 Å². The quantitative estimate of drug-likeness (QED) is 0.851. The summed E-state index contributed by atoms with van der Waals surface area (Å²) < 4.78 is 23.4. The molecule has 3 N–H and O–H groups in total. The molecule has 0 radical (unpaired) electrons. The maximum Gasteiger partial charge on any atom is 0.256 e. The van der Waals surface area contributed by atoms with Crippen LogP contribution in [-0.4, -0.2) is 20.6 Å². The van der Waals surface area contributed by atoms with Crippen molar-refractivity contribution in [2.24, 2.45) is 0 Å². The van der Waals surface area contributed by atoms with Crippen LogP contribution in [0.2, 0.25) is 0 Å². The summed E-state index contributed by atoms with van der Waals surface area (Å²) in [6.45, 7) is 1.79. The van der Waals surface area contributed by atoms with Crippen molar-refractivity contribution in [2.75, 3.05) is 17.3 Å². The molecule has 0 saturated carbocycles. The Hall–Kier alpha value is -2.34. The smallest absolute Gasteiger partial charge is 0.256 e. The van der Waals surface area contributed by atoms with Crippen molar-refractivity contribution in [3.8, 4) is 0 Å². The molecule has 2 aromatic carbocycles. The summed E-state index contributed by atoms with van der Waals surface area (Å²) in [6.07, 6.45) is 1.10. The normalized spacial score (nSPS) is 11.1. The van der Waals surface area contributed by atoms with E-state index in [0.717, 1.165) is 11.8 Å². The number of nitrogen functional groups attached to an aromatic ring is 1. The van der Waals surface area contributed by atoms with Gasteiger partial charge in [-0.15, -0.1) is 0 Å². The molecule has 0 fully saturated rings. The monoisotopic (exact) mass is 304 g/mol. The highest BCUT2D eigenvalue weighted by molar-refractivity contribution is 7.90. The van der Waals surface area contributed by atoms with Gasteiger partial charge in [0.15, 0.2) is 9.84 Å². The van der Waals surface area contributed by atoms with Gasteiger partial charge in [-0.25, -0.2) is 8.42 Å². The van der Waals surface area contributed by atoms with Gasteiger partial charge >= 0.3 is 0 Å². The molecular formula is C15H16N2O3S. The van der Waals surface area contributed by atoms with E-state index in [1.165, 1.54) is 6.07 Å². The zero-order chi connectivity index (χ0) is 15.6. The van der Waals surface area contributed by atoms with Crippen LogP contribution in [0.15, 0.2) is 47.4 Å². The molecule has 0 spiro atoms. The summed E-state index contributed by atoms with van der Waals surface area (Å²) in [6, 6.07) is 11.3. The topological polar surface area (TPSA) is 89.3 Å². The molecule has 5 nitrogen and oxygen atoms in total. The molecule has 0 atom stereocenters. The fourth-order valence-electron chi connectivity index (χ4n) is 1.97. The van der Waals surface area contributed by atoms with Crippen molar-refractivity contribution in [3.63, 3.8) is 0 Å². The Kier molecular flexibility index (Phi) is 3.99. The first-order valence-corrected chi connectivity index (χ1v) is 8.15. The maximum absolute atomic E-state index is 12.3. The van der Waals surface area contributed by atoms with E-state index >= 15 is 0 Å². The number of anilines is 2. The third kappa shape index (κ3) is 3.41. The third-order valence-corrected chi connectivity index (χ3v) is 4.20. The summed E-state index contributed by atoms with van der Waals surface area (Å²) in [5.41, 5.74) is 7.59. The van der Waals surface area contributed by atoms with Gasteiger partial charge in [0.2, 0.25) is 0 Å². The van der Waals surface area contributed by atoms with Crippen LogP contribution in [0.4, 0.5) is 11.4 Å². The Bertz CT molecular complexity index is 798. The molecule has 1 amide bonds. The van der Waals surface area contributed by atoms with Crippen molar-refractivity contribution in [2.45, 2.75) is 11.8 Å². The van der Waals surface area contributed by atoms with Crippen molar-refractivity contribution in [1.29, 1.82) is 0 Å².